The highest BCUT2D eigenvalue weighted by atomic mass is 32.2. The van der Waals surface area contributed by atoms with Crippen molar-refractivity contribution in [3.8, 4) is 0 Å². The Balaban J connectivity index is 1.64. The third-order valence-corrected chi connectivity index (χ3v) is 8.64. The van der Waals surface area contributed by atoms with Crippen LogP contribution in [0.1, 0.15) is 26.7 Å². The highest BCUT2D eigenvalue weighted by Gasteiger charge is 2.54. The zero-order valence-corrected chi connectivity index (χ0v) is 23.1. The molecule has 13 nitrogen and oxygen atoms in total. The Kier molecular flexibility index (Phi) is 10.3. The summed E-state index contributed by atoms with van der Waals surface area (Å²) in [5.74, 6) is -1.54. The molecule has 2 amide bonds. The maximum Gasteiger partial charge on any atom is 0.352 e. The number of amidine groups is 1. The number of aliphatic imine (C=N–C) groups is 1. The molecule has 1 aromatic heterocycles. The molecular formula is C21H29N7O6S3. The minimum absolute atomic E-state index is 0.0782. The van der Waals surface area contributed by atoms with E-state index in [1.165, 1.54) is 40.2 Å². The number of carboxylic acids is 1. The van der Waals surface area contributed by atoms with Gasteiger partial charge < -0.3 is 15.7 Å². The van der Waals surface area contributed by atoms with Crippen molar-refractivity contribution in [2.45, 2.75) is 43.3 Å². The number of H-pyrrole nitrogens is 1. The molecule has 3 heterocycles. The Morgan fingerprint density at radius 3 is 2.70 bits per heavy atom. The van der Waals surface area contributed by atoms with E-state index >= 15 is 0 Å². The fraction of sp³-hybridized carbons (Fsp3) is 0.571. The first-order chi connectivity index (χ1) is 17.7. The number of hydrogen-bond acceptors (Lipinski definition) is 10. The smallest absolute Gasteiger partial charge is 0.352 e. The predicted molar refractivity (Wildman–Crippen MR) is 144 cm³/mol. The number of nitrogens with one attached hydrogen (secondary N) is 3. The van der Waals surface area contributed by atoms with E-state index in [4.69, 9.17) is 0 Å². The number of fused-ring (bicyclic) bond motifs is 1. The van der Waals surface area contributed by atoms with Crippen LogP contribution < -0.4 is 21.8 Å². The highest BCUT2D eigenvalue weighted by molar-refractivity contribution is 8.14. The lowest BCUT2D eigenvalue weighted by molar-refractivity contribution is -0.150. The Hall–Kier alpha value is -2.72. The van der Waals surface area contributed by atoms with E-state index in [2.05, 4.69) is 25.7 Å². The number of carbonyl (C=O) groups excluding carboxylic acids is 2. The highest BCUT2D eigenvalue weighted by Crippen LogP contribution is 2.41. The van der Waals surface area contributed by atoms with Gasteiger partial charge in [0.25, 0.3) is 5.91 Å². The van der Waals surface area contributed by atoms with Gasteiger partial charge in [-0.05, 0) is 18.4 Å². The van der Waals surface area contributed by atoms with E-state index in [-0.39, 0.29) is 28.3 Å². The van der Waals surface area contributed by atoms with E-state index in [0.29, 0.717) is 23.0 Å². The van der Waals surface area contributed by atoms with E-state index < -0.39 is 34.4 Å². The van der Waals surface area contributed by atoms with E-state index in [1.807, 2.05) is 13.8 Å². The van der Waals surface area contributed by atoms with Crippen LogP contribution in [-0.4, -0.2) is 89.5 Å². The second-order valence-electron chi connectivity index (χ2n) is 8.10. The Bertz CT molecular complexity index is 1230. The molecule has 16 heteroatoms. The fourth-order valence-electron chi connectivity index (χ4n) is 3.48. The Labute approximate surface area is 225 Å². The van der Waals surface area contributed by atoms with Gasteiger partial charge in [0.2, 0.25) is 5.91 Å². The summed E-state index contributed by atoms with van der Waals surface area (Å²) in [6.07, 6.45) is 1.80. The van der Waals surface area contributed by atoms with Gasteiger partial charge in [0.1, 0.15) is 17.1 Å². The van der Waals surface area contributed by atoms with E-state index in [0.717, 1.165) is 31.1 Å². The number of aromatic amines is 1. The molecule has 0 aliphatic carbocycles. The summed E-state index contributed by atoms with van der Waals surface area (Å²) in [5, 5.41) is 18.5. The number of β-lactam (4-membered cyclic amide) rings is 1. The third kappa shape index (κ3) is 6.98. The molecule has 202 valence electrons. The quantitative estimate of drug-likeness (QED) is 0.0908. The number of amides is 2. The molecule has 1 aromatic rings. The lowest BCUT2D eigenvalue weighted by Crippen LogP contribution is -2.70. The normalized spacial score (nSPS) is 19.4. The van der Waals surface area contributed by atoms with Crippen LogP contribution in [0.2, 0.25) is 0 Å². The summed E-state index contributed by atoms with van der Waals surface area (Å²) in [6.45, 7) is 5.44. The van der Waals surface area contributed by atoms with Gasteiger partial charge in [0, 0.05) is 31.6 Å². The van der Waals surface area contributed by atoms with Crippen molar-refractivity contribution in [2.24, 2.45) is 12.0 Å². The SMILES string of the molecule is CCC/N=C(\NCCC)SCC(=O)NC1C(=O)N2C(C(=O)O)=C(CSc3nc(=O)c(=O)[nH]n3C)CSC12. The molecule has 2 aliphatic rings. The van der Waals surface area contributed by atoms with Crippen LogP contribution in [0.5, 0.6) is 0 Å². The Morgan fingerprint density at radius 2 is 2.03 bits per heavy atom. The van der Waals surface area contributed by atoms with Gasteiger partial charge >= 0.3 is 17.1 Å². The summed E-state index contributed by atoms with van der Waals surface area (Å²) in [6, 6.07) is -0.817. The average molecular weight is 572 g/mol. The summed E-state index contributed by atoms with van der Waals surface area (Å²) in [7, 11) is 1.51. The fourth-order valence-corrected chi connectivity index (χ4v) is 6.62. The van der Waals surface area contributed by atoms with Crippen molar-refractivity contribution >= 4 is 58.2 Å². The first-order valence-corrected chi connectivity index (χ1v) is 14.6. The third-order valence-electron chi connectivity index (χ3n) is 5.23. The monoisotopic (exact) mass is 571 g/mol. The first-order valence-electron chi connectivity index (χ1n) is 11.6. The van der Waals surface area contributed by atoms with Gasteiger partial charge in [0.05, 0.1) is 5.75 Å². The summed E-state index contributed by atoms with van der Waals surface area (Å²) in [5.41, 5.74) is -1.45. The van der Waals surface area contributed by atoms with Crippen LogP contribution >= 0.6 is 35.3 Å². The van der Waals surface area contributed by atoms with Crippen molar-refractivity contribution in [2.75, 3.05) is 30.3 Å². The van der Waals surface area contributed by atoms with Crippen molar-refractivity contribution in [3.05, 3.63) is 32.0 Å². The van der Waals surface area contributed by atoms with Gasteiger partial charge in [-0.1, -0.05) is 37.4 Å². The zero-order chi connectivity index (χ0) is 27.1. The van der Waals surface area contributed by atoms with Crippen LogP contribution in [0, 0.1) is 0 Å². The number of aryl methyl sites for hydroxylation is 1. The molecule has 2 unspecified atom stereocenters. The van der Waals surface area contributed by atoms with Gasteiger partial charge in [0.15, 0.2) is 10.3 Å². The topological polar surface area (TPSA) is 179 Å². The molecule has 0 saturated carbocycles. The van der Waals surface area contributed by atoms with Crippen molar-refractivity contribution in [1.82, 2.24) is 30.3 Å². The minimum Gasteiger partial charge on any atom is -0.477 e. The van der Waals surface area contributed by atoms with Gasteiger partial charge in [-0.2, -0.15) is 4.98 Å². The molecule has 3 rings (SSSR count). The molecule has 2 aliphatic heterocycles. The minimum atomic E-state index is -1.25. The standard InChI is InChI=1S/C21H29N7O6S3/c1-4-6-22-20(23-7-5-2)36-10-12(29)24-13-17(32)28-14(19(33)34)11(8-35-18(13)28)9-37-21-25-15(30)16(31)26-27(21)3/h13,18H,4-10H2,1-3H3,(H,22,23)(H,24,29)(H,26,31)(H,33,34). The second kappa shape index (κ2) is 13.2. The van der Waals surface area contributed by atoms with Crippen LogP contribution in [0.3, 0.4) is 0 Å². The summed E-state index contributed by atoms with van der Waals surface area (Å²) < 4.78 is 1.28. The molecule has 0 bridgehead atoms. The number of rotatable bonds is 11. The number of carboxylic acid groups (broad SMARTS) is 1. The lowest BCUT2D eigenvalue weighted by Gasteiger charge is -2.49. The van der Waals surface area contributed by atoms with Crippen molar-refractivity contribution in [1.29, 1.82) is 0 Å². The van der Waals surface area contributed by atoms with Crippen molar-refractivity contribution < 1.29 is 19.5 Å². The summed E-state index contributed by atoms with van der Waals surface area (Å²) >= 11 is 3.70. The zero-order valence-electron chi connectivity index (χ0n) is 20.6. The molecule has 0 aromatic carbocycles. The van der Waals surface area contributed by atoms with Gasteiger partial charge in [-0.3, -0.25) is 38.9 Å². The van der Waals surface area contributed by atoms with Crippen molar-refractivity contribution in [3.63, 3.8) is 0 Å². The molecular weight excluding hydrogens is 542 g/mol. The first kappa shape index (κ1) is 28.8. The van der Waals surface area contributed by atoms with E-state index in [9.17, 15) is 29.1 Å². The number of nitrogens with zero attached hydrogens (tertiary/aromatic N) is 4. The molecule has 4 N–H and O–H groups in total. The Morgan fingerprint density at radius 1 is 1.27 bits per heavy atom. The second-order valence-corrected chi connectivity index (χ2v) is 11.1. The summed E-state index contributed by atoms with van der Waals surface area (Å²) in [4.78, 5) is 69.8. The predicted octanol–water partition coefficient (Wildman–Crippen LogP) is -0.202. The number of hydrogen-bond donors (Lipinski definition) is 4. The lowest BCUT2D eigenvalue weighted by atomic mass is 10.0. The van der Waals surface area contributed by atoms with Crippen LogP contribution in [0.25, 0.3) is 0 Å². The number of thioether (sulfide) groups is 3. The molecule has 0 spiro atoms. The average Bonchev–Trinajstić information content (AvgIpc) is 2.87. The van der Waals surface area contributed by atoms with Crippen LogP contribution in [0.4, 0.5) is 0 Å². The van der Waals surface area contributed by atoms with E-state index in [1.54, 1.807) is 0 Å². The van der Waals surface area contributed by atoms with Gasteiger partial charge in [-0.25, -0.2) is 4.79 Å². The molecule has 0 radical (unpaired) electrons. The van der Waals surface area contributed by atoms with Gasteiger partial charge in [-0.15, -0.1) is 11.8 Å². The maximum absolute atomic E-state index is 12.9. The number of aliphatic carboxylic acids is 1. The number of carbonyl (C=O) groups is 3. The molecule has 1 fully saturated rings. The maximum atomic E-state index is 12.9. The molecule has 37 heavy (non-hydrogen) atoms. The molecule has 2 atom stereocenters. The largest absolute Gasteiger partial charge is 0.477 e. The van der Waals surface area contributed by atoms with Crippen LogP contribution in [0.15, 0.2) is 31.0 Å². The molecule has 1 saturated heterocycles. The number of aromatic nitrogens is 3. The van der Waals surface area contributed by atoms with Crippen LogP contribution in [-0.2, 0) is 21.4 Å².